The molecule has 0 saturated carbocycles. The Balaban J connectivity index is 2.01. The van der Waals surface area contributed by atoms with E-state index in [9.17, 15) is 9.18 Å². The van der Waals surface area contributed by atoms with Crippen LogP contribution >= 0.6 is 11.6 Å². The van der Waals surface area contributed by atoms with Crippen molar-refractivity contribution in [1.82, 2.24) is 9.97 Å². The number of pyridine rings is 2. The van der Waals surface area contributed by atoms with E-state index in [0.29, 0.717) is 27.1 Å². The zero-order valence-corrected chi connectivity index (χ0v) is 13.1. The van der Waals surface area contributed by atoms with Crippen molar-refractivity contribution in [2.75, 3.05) is 5.32 Å². The molecule has 0 unspecified atom stereocenters. The van der Waals surface area contributed by atoms with Crippen molar-refractivity contribution in [2.45, 2.75) is 0 Å². The van der Waals surface area contributed by atoms with E-state index >= 15 is 0 Å². The summed E-state index contributed by atoms with van der Waals surface area (Å²) in [5, 5.41) is 5.48. The molecule has 2 aromatic heterocycles. The highest BCUT2D eigenvalue weighted by Gasteiger charge is 2.11. The number of hydrogen-bond acceptors (Lipinski definition) is 3. The van der Waals surface area contributed by atoms with Crippen LogP contribution in [0, 0.1) is 5.82 Å². The lowest BCUT2D eigenvalue weighted by atomic mass is 10.1. The van der Waals surface area contributed by atoms with Crippen molar-refractivity contribution in [1.29, 1.82) is 0 Å². The molecule has 6 heteroatoms. The molecule has 0 atom stereocenters. The molecule has 0 amide bonds. The highest BCUT2D eigenvalue weighted by Crippen LogP contribution is 2.31. The first-order valence-corrected chi connectivity index (χ1v) is 7.63. The molecule has 2 N–H and O–H groups in total. The quantitative estimate of drug-likeness (QED) is 0.524. The molecule has 4 nitrogen and oxygen atoms in total. The van der Waals surface area contributed by atoms with Gasteiger partial charge in [0.15, 0.2) is 0 Å². The average molecular weight is 340 g/mol. The van der Waals surface area contributed by atoms with Crippen LogP contribution in [0.25, 0.3) is 21.8 Å². The first kappa shape index (κ1) is 14.7. The maximum absolute atomic E-state index is 14.0. The van der Waals surface area contributed by atoms with E-state index < -0.39 is 5.82 Å². The minimum atomic E-state index is -0.418. The molecule has 0 spiro atoms. The molecule has 2 aromatic carbocycles. The lowest BCUT2D eigenvalue weighted by molar-refractivity contribution is 0.632. The molecule has 2 heterocycles. The molecular weight excluding hydrogens is 329 g/mol. The molecular formula is C18H11ClFN3O. The van der Waals surface area contributed by atoms with Gasteiger partial charge in [-0.1, -0.05) is 29.8 Å². The topological polar surface area (TPSA) is 57.8 Å². The number of fused-ring (bicyclic) bond motifs is 3. The van der Waals surface area contributed by atoms with Crippen molar-refractivity contribution in [2.24, 2.45) is 0 Å². The van der Waals surface area contributed by atoms with E-state index in [-0.39, 0.29) is 11.2 Å². The Hall–Kier alpha value is -2.92. The summed E-state index contributed by atoms with van der Waals surface area (Å²) in [4.78, 5) is 19.1. The maximum atomic E-state index is 14.0. The summed E-state index contributed by atoms with van der Waals surface area (Å²) in [5.41, 5.74) is 1.11. The van der Waals surface area contributed by atoms with Crippen molar-refractivity contribution in [3.63, 3.8) is 0 Å². The van der Waals surface area contributed by atoms with E-state index in [1.54, 1.807) is 24.4 Å². The zero-order valence-electron chi connectivity index (χ0n) is 12.3. The fraction of sp³-hybridized carbons (Fsp3) is 0. The third-order valence-corrected chi connectivity index (χ3v) is 4.06. The minimum absolute atomic E-state index is 0.211. The van der Waals surface area contributed by atoms with E-state index in [1.165, 1.54) is 18.2 Å². The molecule has 0 bridgehead atoms. The van der Waals surface area contributed by atoms with Gasteiger partial charge >= 0.3 is 0 Å². The van der Waals surface area contributed by atoms with E-state index in [0.717, 1.165) is 5.39 Å². The van der Waals surface area contributed by atoms with Gasteiger partial charge in [-0.05, 0) is 30.3 Å². The Morgan fingerprint density at radius 3 is 2.67 bits per heavy atom. The van der Waals surface area contributed by atoms with Gasteiger partial charge < -0.3 is 10.3 Å². The Labute approximate surface area is 140 Å². The molecule has 4 aromatic rings. The van der Waals surface area contributed by atoms with Gasteiger partial charge in [0.2, 0.25) is 0 Å². The summed E-state index contributed by atoms with van der Waals surface area (Å²) >= 11 is 5.95. The number of anilines is 2. The van der Waals surface area contributed by atoms with E-state index in [2.05, 4.69) is 15.3 Å². The normalized spacial score (nSPS) is 11.1. The summed E-state index contributed by atoms with van der Waals surface area (Å²) in [7, 11) is 0. The molecule has 0 aliphatic carbocycles. The highest BCUT2D eigenvalue weighted by molar-refractivity contribution is 6.30. The van der Waals surface area contributed by atoms with Crippen molar-refractivity contribution in [3.8, 4) is 0 Å². The molecule has 24 heavy (non-hydrogen) atoms. The summed E-state index contributed by atoms with van der Waals surface area (Å²) in [6.45, 7) is 0. The smallest absolute Gasteiger partial charge is 0.257 e. The number of H-pyrrole nitrogens is 1. The van der Waals surface area contributed by atoms with Crippen LogP contribution in [0.2, 0.25) is 5.02 Å². The molecule has 0 saturated heterocycles. The zero-order chi connectivity index (χ0) is 16.7. The predicted molar refractivity (Wildman–Crippen MR) is 94.6 cm³/mol. The first-order chi connectivity index (χ1) is 11.6. The Morgan fingerprint density at radius 2 is 1.83 bits per heavy atom. The van der Waals surface area contributed by atoms with Crippen LogP contribution in [0.5, 0.6) is 0 Å². The maximum Gasteiger partial charge on any atom is 0.257 e. The van der Waals surface area contributed by atoms with Crippen LogP contribution in [0.4, 0.5) is 15.8 Å². The van der Waals surface area contributed by atoms with Crippen molar-refractivity contribution in [3.05, 3.63) is 75.9 Å². The van der Waals surface area contributed by atoms with Crippen LogP contribution in [0.1, 0.15) is 0 Å². The number of nitrogens with zero attached hydrogens (tertiary/aromatic N) is 1. The molecule has 118 valence electrons. The summed E-state index contributed by atoms with van der Waals surface area (Å²) in [6.07, 6.45) is 1.55. The number of nitrogens with one attached hydrogen (secondary N) is 2. The van der Waals surface area contributed by atoms with Gasteiger partial charge in [-0.2, -0.15) is 0 Å². The molecule has 0 fully saturated rings. The predicted octanol–water partition coefficient (Wildman–Crippen LogP) is 4.61. The second-order valence-corrected chi connectivity index (χ2v) is 5.77. The van der Waals surface area contributed by atoms with E-state index in [1.807, 2.05) is 12.1 Å². The van der Waals surface area contributed by atoms with Gasteiger partial charge in [0, 0.05) is 27.4 Å². The lowest BCUT2D eigenvalue weighted by Gasteiger charge is -2.12. The van der Waals surface area contributed by atoms with Crippen LogP contribution in [0.15, 0.2) is 59.5 Å². The first-order valence-electron chi connectivity index (χ1n) is 7.25. The van der Waals surface area contributed by atoms with Gasteiger partial charge in [0.25, 0.3) is 5.56 Å². The van der Waals surface area contributed by atoms with Crippen LogP contribution in [-0.4, -0.2) is 9.97 Å². The number of hydrogen-bond donors (Lipinski definition) is 2. The number of benzene rings is 2. The number of halogens is 2. The minimum Gasteiger partial charge on any atom is -0.352 e. The van der Waals surface area contributed by atoms with Gasteiger partial charge in [0.05, 0.1) is 11.4 Å². The van der Waals surface area contributed by atoms with Gasteiger partial charge in [-0.15, -0.1) is 0 Å². The van der Waals surface area contributed by atoms with Gasteiger partial charge in [-0.3, -0.25) is 4.79 Å². The van der Waals surface area contributed by atoms with Crippen LogP contribution < -0.4 is 10.9 Å². The Kier molecular flexibility index (Phi) is 3.43. The molecule has 0 radical (unpaired) electrons. The summed E-state index contributed by atoms with van der Waals surface area (Å²) in [5.74, 6) is -0.418. The third kappa shape index (κ3) is 2.39. The Bertz CT molecular complexity index is 1140. The van der Waals surface area contributed by atoms with Gasteiger partial charge in [0.1, 0.15) is 11.5 Å². The van der Waals surface area contributed by atoms with E-state index in [4.69, 9.17) is 11.6 Å². The highest BCUT2D eigenvalue weighted by atomic mass is 35.5. The Morgan fingerprint density at radius 1 is 1.04 bits per heavy atom. The standard InChI is InChI=1S/C18H11ClFN3O/c19-10-5-6-13(20)15(9-10)22-14-7-8-21-17-16(14)11-3-1-2-4-12(11)18(24)23-17/h1-9H,(H2,21,22,23,24). The summed E-state index contributed by atoms with van der Waals surface area (Å²) < 4.78 is 14.0. The van der Waals surface area contributed by atoms with Crippen LogP contribution in [-0.2, 0) is 0 Å². The molecule has 4 rings (SSSR count). The summed E-state index contributed by atoms with van der Waals surface area (Å²) in [6, 6.07) is 13.2. The molecule has 0 aliphatic heterocycles. The second-order valence-electron chi connectivity index (χ2n) is 5.33. The second kappa shape index (κ2) is 5.62. The number of aromatic amines is 1. The van der Waals surface area contributed by atoms with Crippen molar-refractivity contribution < 1.29 is 4.39 Å². The SMILES string of the molecule is O=c1[nH]c2nccc(Nc3cc(Cl)ccc3F)c2c2ccccc12. The lowest BCUT2D eigenvalue weighted by Crippen LogP contribution is -2.08. The average Bonchev–Trinajstić information content (AvgIpc) is 2.58. The number of aromatic nitrogens is 2. The number of rotatable bonds is 2. The fourth-order valence-electron chi connectivity index (χ4n) is 2.75. The largest absolute Gasteiger partial charge is 0.352 e. The van der Waals surface area contributed by atoms with Crippen molar-refractivity contribution >= 4 is 44.8 Å². The van der Waals surface area contributed by atoms with Crippen LogP contribution in [0.3, 0.4) is 0 Å². The third-order valence-electron chi connectivity index (χ3n) is 3.82. The molecule has 0 aliphatic rings. The van der Waals surface area contributed by atoms with Gasteiger partial charge in [-0.25, -0.2) is 9.37 Å². The fourth-order valence-corrected chi connectivity index (χ4v) is 2.92. The monoisotopic (exact) mass is 339 g/mol.